The molecule has 3 aromatic rings. The lowest BCUT2D eigenvalue weighted by atomic mass is 9.91. The predicted octanol–water partition coefficient (Wildman–Crippen LogP) is 4.28. The number of carbonyl (C=O) groups is 3. The largest absolute Gasteiger partial charge is 0.464 e. The summed E-state index contributed by atoms with van der Waals surface area (Å²) in [6.07, 6.45) is 1.37. The monoisotopic (exact) mass is 428 g/mol. The maximum absolute atomic E-state index is 13.6. The van der Waals surface area contributed by atoms with Crippen LogP contribution in [0.15, 0.2) is 52.9 Å². The minimum atomic E-state index is -0.709. The summed E-state index contributed by atoms with van der Waals surface area (Å²) in [7, 11) is 0. The van der Waals surface area contributed by atoms with Crippen LogP contribution in [0.2, 0.25) is 0 Å². The molecule has 6 nitrogen and oxygen atoms in total. The van der Waals surface area contributed by atoms with E-state index in [1.807, 2.05) is 51.1 Å². The normalized spacial score (nSPS) is 17.0. The van der Waals surface area contributed by atoms with Crippen molar-refractivity contribution in [2.45, 2.75) is 45.1 Å². The van der Waals surface area contributed by atoms with Gasteiger partial charge in [0, 0.05) is 0 Å². The molecule has 0 saturated heterocycles. The Morgan fingerprint density at radius 1 is 1.03 bits per heavy atom. The van der Waals surface area contributed by atoms with Crippen LogP contribution in [0.25, 0.3) is 0 Å². The minimum Gasteiger partial charge on any atom is -0.464 e. The van der Waals surface area contributed by atoms with Crippen LogP contribution in [0.4, 0.5) is 5.69 Å². The first kappa shape index (κ1) is 20.2. The van der Waals surface area contributed by atoms with Gasteiger partial charge in [-0.05, 0) is 74.6 Å². The maximum Gasteiger partial charge on any atom is 0.296 e. The van der Waals surface area contributed by atoms with Gasteiger partial charge in [-0.15, -0.1) is 0 Å². The molecule has 2 aromatic carbocycles. The van der Waals surface area contributed by atoms with Crippen molar-refractivity contribution in [1.82, 2.24) is 5.32 Å². The van der Waals surface area contributed by atoms with Gasteiger partial charge in [0.15, 0.2) is 0 Å². The Hall–Kier alpha value is -3.67. The van der Waals surface area contributed by atoms with Crippen LogP contribution in [0.3, 0.4) is 0 Å². The summed E-state index contributed by atoms with van der Waals surface area (Å²) in [6, 6.07) is 14.7. The molecule has 5 rings (SSSR count). The second kappa shape index (κ2) is 7.19. The second-order valence-electron chi connectivity index (χ2n) is 8.84. The standard InChI is InChI=1S/C26H24N2O4/c1-14-4-7-18(15(2)12-14)22(21-9-5-16(3)32-21)28-25(31)26(10-11-26)17-6-8-20-19(13-17)23(29)24(30)27-20/h4-9,12-13,22H,10-11H2,1-3H3,(H,28,31)(H,27,29,30). The topological polar surface area (TPSA) is 88.4 Å². The van der Waals surface area contributed by atoms with Crippen LogP contribution >= 0.6 is 0 Å². The predicted molar refractivity (Wildman–Crippen MR) is 120 cm³/mol. The van der Waals surface area contributed by atoms with Gasteiger partial charge in [-0.3, -0.25) is 14.4 Å². The van der Waals surface area contributed by atoms with Crippen LogP contribution in [-0.2, 0) is 15.0 Å². The maximum atomic E-state index is 13.6. The number of hydrogen-bond acceptors (Lipinski definition) is 4. The number of amides is 2. The van der Waals surface area contributed by atoms with Crippen LogP contribution in [-0.4, -0.2) is 17.6 Å². The summed E-state index contributed by atoms with van der Waals surface area (Å²) in [4.78, 5) is 37.5. The Kier molecular flexibility index (Phi) is 4.55. The first-order valence-electron chi connectivity index (χ1n) is 10.7. The number of aryl methyl sites for hydroxylation is 3. The molecule has 0 radical (unpaired) electrons. The number of hydrogen-bond donors (Lipinski definition) is 2. The molecule has 1 unspecified atom stereocenters. The number of furan rings is 1. The summed E-state index contributed by atoms with van der Waals surface area (Å²) < 4.78 is 5.91. The zero-order chi connectivity index (χ0) is 22.6. The van der Waals surface area contributed by atoms with Gasteiger partial charge in [0.2, 0.25) is 5.91 Å². The van der Waals surface area contributed by atoms with Crippen LogP contribution in [0.1, 0.15) is 63.0 Å². The lowest BCUT2D eigenvalue weighted by Crippen LogP contribution is -2.38. The number of rotatable bonds is 5. The Morgan fingerprint density at radius 3 is 2.47 bits per heavy atom. The van der Waals surface area contributed by atoms with Gasteiger partial charge in [-0.1, -0.05) is 29.8 Å². The molecule has 2 N–H and O–H groups in total. The van der Waals surface area contributed by atoms with Gasteiger partial charge in [0.25, 0.3) is 11.7 Å². The lowest BCUT2D eigenvalue weighted by molar-refractivity contribution is -0.124. The summed E-state index contributed by atoms with van der Waals surface area (Å²) in [5.74, 6) is 0.157. The van der Waals surface area contributed by atoms with E-state index in [-0.39, 0.29) is 5.91 Å². The van der Waals surface area contributed by atoms with E-state index in [1.165, 1.54) is 0 Å². The number of anilines is 1. The molecule has 1 saturated carbocycles. The fourth-order valence-corrected chi connectivity index (χ4v) is 4.54. The van der Waals surface area contributed by atoms with E-state index in [2.05, 4.69) is 16.7 Å². The van der Waals surface area contributed by atoms with Crippen LogP contribution in [0, 0.1) is 20.8 Å². The highest BCUT2D eigenvalue weighted by molar-refractivity contribution is 6.51. The molecule has 162 valence electrons. The molecule has 1 aliphatic carbocycles. The minimum absolute atomic E-state index is 0.110. The van der Waals surface area contributed by atoms with Crippen molar-refractivity contribution in [3.8, 4) is 0 Å². The Labute approximate surface area is 186 Å². The van der Waals surface area contributed by atoms with Crippen LogP contribution in [0.5, 0.6) is 0 Å². The molecule has 6 heteroatoms. The molecular formula is C26H24N2O4. The summed E-state index contributed by atoms with van der Waals surface area (Å²) in [5, 5.41) is 5.77. The summed E-state index contributed by atoms with van der Waals surface area (Å²) in [5.41, 5.74) is 4.08. The second-order valence-corrected chi connectivity index (χ2v) is 8.84. The van der Waals surface area contributed by atoms with Gasteiger partial charge in [0.1, 0.15) is 17.6 Å². The molecule has 2 heterocycles. The van der Waals surface area contributed by atoms with E-state index in [9.17, 15) is 14.4 Å². The molecule has 0 spiro atoms. The van der Waals surface area contributed by atoms with Crippen LogP contribution < -0.4 is 10.6 Å². The zero-order valence-electron chi connectivity index (χ0n) is 18.2. The molecule has 1 aliphatic heterocycles. The van der Waals surface area contributed by atoms with E-state index >= 15 is 0 Å². The smallest absolute Gasteiger partial charge is 0.296 e. The fourth-order valence-electron chi connectivity index (χ4n) is 4.54. The molecular weight excluding hydrogens is 404 g/mol. The average molecular weight is 428 g/mol. The van der Waals surface area contributed by atoms with Crippen molar-refractivity contribution in [3.05, 3.63) is 87.9 Å². The number of fused-ring (bicyclic) bond motifs is 1. The number of Topliss-reactive ketones (excluding diaryl/α,β-unsaturated/α-hetero) is 1. The van der Waals surface area contributed by atoms with Gasteiger partial charge in [-0.2, -0.15) is 0 Å². The Bertz CT molecular complexity index is 1280. The SMILES string of the molecule is Cc1ccc(C(NC(=O)C2(c3ccc4c(c3)C(=O)C(=O)N4)CC2)c2ccc(C)o2)c(C)c1. The van der Waals surface area contributed by atoms with E-state index in [0.29, 0.717) is 29.9 Å². The summed E-state index contributed by atoms with van der Waals surface area (Å²) >= 11 is 0. The van der Waals surface area contributed by atoms with E-state index < -0.39 is 23.1 Å². The zero-order valence-corrected chi connectivity index (χ0v) is 18.2. The molecule has 0 bridgehead atoms. The highest BCUT2D eigenvalue weighted by Gasteiger charge is 2.52. The van der Waals surface area contributed by atoms with Crippen molar-refractivity contribution in [1.29, 1.82) is 0 Å². The fraction of sp³-hybridized carbons (Fsp3) is 0.269. The highest BCUT2D eigenvalue weighted by Crippen LogP contribution is 2.50. The van der Waals surface area contributed by atoms with Crippen molar-refractivity contribution in [2.75, 3.05) is 5.32 Å². The molecule has 32 heavy (non-hydrogen) atoms. The van der Waals surface area contributed by atoms with Crippen molar-refractivity contribution in [3.63, 3.8) is 0 Å². The first-order chi connectivity index (χ1) is 15.3. The van der Waals surface area contributed by atoms with Gasteiger partial charge in [-0.25, -0.2) is 0 Å². The molecule has 1 aromatic heterocycles. The third kappa shape index (κ3) is 3.23. The number of benzene rings is 2. The van der Waals surface area contributed by atoms with E-state index in [0.717, 1.165) is 28.0 Å². The number of nitrogens with one attached hydrogen (secondary N) is 2. The van der Waals surface area contributed by atoms with Crippen molar-refractivity contribution >= 4 is 23.3 Å². The molecule has 2 amide bonds. The average Bonchev–Trinajstić information content (AvgIpc) is 3.39. The first-order valence-corrected chi connectivity index (χ1v) is 10.7. The number of carbonyl (C=O) groups excluding carboxylic acids is 3. The Balaban J connectivity index is 1.49. The van der Waals surface area contributed by atoms with Gasteiger partial charge >= 0.3 is 0 Å². The quantitative estimate of drug-likeness (QED) is 0.594. The molecule has 1 atom stereocenters. The van der Waals surface area contributed by atoms with Gasteiger partial charge in [0.05, 0.1) is 16.7 Å². The third-order valence-corrected chi connectivity index (χ3v) is 6.51. The van der Waals surface area contributed by atoms with E-state index in [1.54, 1.807) is 12.1 Å². The van der Waals surface area contributed by atoms with Gasteiger partial charge < -0.3 is 15.1 Å². The Morgan fingerprint density at radius 2 is 1.81 bits per heavy atom. The van der Waals surface area contributed by atoms with E-state index in [4.69, 9.17) is 4.42 Å². The molecule has 2 aliphatic rings. The highest BCUT2D eigenvalue weighted by atomic mass is 16.3. The third-order valence-electron chi connectivity index (χ3n) is 6.51. The number of ketones is 1. The van der Waals surface area contributed by atoms with Crippen molar-refractivity contribution in [2.24, 2.45) is 0 Å². The van der Waals surface area contributed by atoms with Crippen molar-refractivity contribution < 1.29 is 18.8 Å². The lowest BCUT2D eigenvalue weighted by Gasteiger charge is -2.23. The summed E-state index contributed by atoms with van der Waals surface area (Å²) in [6.45, 7) is 5.94. The molecule has 1 fully saturated rings.